The maximum Gasteiger partial charge on any atom is 0.254 e. The number of hydrogen-bond donors (Lipinski definition) is 2. The van der Waals surface area contributed by atoms with Crippen LogP contribution in [0.4, 0.5) is 0 Å². The number of aryl methyl sites for hydroxylation is 2. The van der Waals surface area contributed by atoms with Crippen LogP contribution in [0.15, 0.2) is 54.6 Å². The summed E-state index contributed by atoms with van der Waals surface area (Å²) in [6, 6.07) is 18.1. The Hall–Kier alpha value is -2.66. The van der Waals surface area contributed by atoms with E-state index < -0.39 is 0 Å². The maximum atomic E-state index is 13.2. The first-order valence-corrected chi connectivity index (χ1v) is 10.1. The fraction of sp³-hybridized carbons (Fsp3) is 0.391. The lowest BCUT2D eigenvalue weighted by Gasteiger charge is -2.32. The molecule has 5 heteroatoms. The highest BCUT2D eigenvalue weighted by Crippen LogP contribution is 2.21. The van der Waals surface area contributed by atoms with Gasteiger partial charge in [-0.25, -0.2) is 0 Å². The molecule has 0 bridgehead atoms. The molecule has 2 aromatic rings. The van der Waals surface area contributed by atoms with Crippen LogP contribution in [0, 0.1) is 5.92 Å². The summed E-state index contributed by atoms with van der Waals surface area (Å²) in [7, 11) is 0. The molecule has 28 heavy (non-hydrogen) atoms. The standard InChI is InChI=1S/C23H29N3O2/c24-14-15-25-22(27)20-10-6-16-26(17-20)23(28)21-11-5-4-9-19(21)13-12-18-7-2-1-3-8-18/h1-5,7-9,11,20H,6,10,12-17,24H2,(H,25,27). The largest absolute Gasteiger partial charge is 0.355 e. The van der Waals surface area contributed by atoms with Gasteiger partial charge in [-0.05, 0) is 42.9 Å². The van der Waals surface area contributed by atoms with Crippen LogP contribution in [0.2, 0.25) is 0 Å². The Balaban J connectivity index is 1.67. The minimum Gasteiger partial charge on any atom is -0.355 e. The van der Waals surface area contributed by atoms with E-state index in [4.69, 9.17) is 5.73 Å². The number of nitrogens with two attached hydrogens (primary N) is 1. The molecule has 0 spiro atoms. The van der Waals surface area contributed by atoms with Crippen molar-refractivity contribution in [3.63, 3.8) is 0 Å². The van der Waals surface area contributed by atoms with Gasteiger partial charge in [-0.15, -0.1) is 0 Å². The molecule has 1 aliphatic heterocycles. The second kappa shape index (κ2) is 10.0. The number of nitrogens with zero attached hydrogens (tertiary/aromatic N) is 1. The van der Waals surface area contributed by atoms with Crippen molar-refractivity contribution < 1.29 is 9.59 Å². The zero-order chi connectivity index (χ0) is 19.8. The van der Waals surface area contributed by atoms with Gasteiger partial charge in [-0.1, -0.05) is 48.5 Å². The number of piperidine rings is 1. The van der Waals surface area contributed by atoms with Crippen LogP contribution < -0.4 is 11.1 Å². The fourth-order valence-corrected chi connectivity index (χ4v) is 3.76. The molecular weight excluding hydrogens is 350 g/mol. The summed E-state index contributed by atoms with van der Waals surface area (Å²) >= 11 is 0. The number of benzene rings is 2. The Labute approximate surface area is 166 Å². The summed E-state index contributed by atoms with van der Waals surface area (Å²) in [4.78, 5) is 27.3. The maximum absolute atomic E-state index is 13.2. The van der Waals surface area contributed by atoms with E-state index in [2.05, 4.69) is 17.4 Å². The average Bonchev–Trinajstić information content (AvgIpc) is 2.76. The summed E-state index contributed by atoms with van der Waals surface area (Å²) in [5.74, 6) is -0.124. The molecule has 3 N–H and O–H groups in total. The molecule has 0 radical (unpaired) electrons. The quantitative estimate of drug-likeness (QED) is 0.776. The van der Waals surface area contributed by atoms with Gasteiger partial charge < -0.3 is 16.0 Å². The molecular formula is C23H29N3O2. The van der Waals surface area contributed by atoms with Crippen molar-refractivity contribution in [3.8, 4) is 0 Å². The van der Waals surface area contributed by atoms with E-state index in [0.717, 1.165) is 36.8 Å². The molecule has 3 rings (SSSR count). The lowest BCUT2D eigenvalue weighted by Crippen LogP contribution is -2.46. The number of nitrogens with one attached hydrogen (secondary N) is 1. The lowest BCUT2D eigenvalue weighted by molar-refractivity contribution is -0.126. The first kappa shape index (κ1) is 20.1. The molecule has 0 aromatic heterocycles. The van der Waals surface area contributed by atoms with Crippen molar-refractivity contribution in [2.45, 2.75) is 25.7 Å². The van der Waals surface area contributed by atoms with E-state index in [1.54, 1.807) is 0 Å². The summed E-state index contributed by atoms with van der Waals surface area (Å²) in [6.07, 6.45) is 3.38. The van der Waals surface area contributed by atoms with Crippen molar-refractivity contribution in [1.82, 2.24) is 10.2 Å². The van der Waals surface area contributed by atoms with Gasteiger partial charge in [-0.3, -0.25) is 9.59 Å². The van der Waals surface area contributed by atoms with Crippen LogP contribution in [0.3, 0.4) is 0 Å². The zero-order valence-electron chi connectivity index (χ0n) is 16.3. The zero-order valence-corrected chi connectivity index (χ0v) is 16.3. The van der Waals surface area contributed by atoms with Crippen LogP contribution in [0.25, 0.3) is 0 Å². The third-order valence-electron chi connectivity index (χ3n) is 5.30. The van der Waals surface area contributed by atoms with Gasteiger partial charge in [0.15, 0.2) is 0 Å². The van der Waals surface area contributed by atoms with Gasteiger partial charge in [0.25, 0.3) is 5.91 Å². The highest BCUT2D eigenvalue weighted by Gasteiger charge is 2.29. The molecule has 1 aliphatic rings. The Morgan fingerprint density at radius 3 is 2.57 bits per heavy atom. The van der Waals surface area contributed by atoms with Crippen LogP contribution in [0.5, 0.6) is 0 Å². The molecule has 1 heterocycles. The molecule has 0 saturated carbocycles. The number of hydrogen-bond acceptors (Lipinski definition) is 3. The molecule has 1 unspecified atom stereocenters. The molecule has 1 saturated heterocycles. The lowest BCUT2D eigenvalue weighted by atomic mass is 9.94. The first-order chi connectivity index (χ1) is 13.7. The SMILES string of the molecule is NCCNC(=O)C1CCCN(C(=O)c2ccccc2CCc2ccccc2)C1. The Morgan fingerprint density at radius 2 is 1.79 bits per heavy atom. The highest BCUT2D eigenvalue weighted by atomic mass is 16.2. The van der Waals surface area contributed by atoms with Gasteiger partial charge in [0.1, 0.15) is 0 Å². The second-order valence-corrected chi connectivity index (χ2v) is 7.31. The molecule has 0 aliphatic carbocycles. The van der Waals surface area contributed by atoms with Crippen LogP contribution in [0.1, 0.15) is 34.3 Å². The first-order valence-electron chi connectivity index (χ1n) is 10.1. The van der Waals surface area contributed by atoms with E-state index in [-0.39, 0.29) is 17.7 Å². The molecule has 2 aromatic carbocycles. The number of carbonyl (C=O) groups is 2. The number of carbonyl (C=O) groups excluding carboxylic acids is 2. The second-order valence-electron chi connectivity index (χ2n) is 7.31. The number of rotatable bonds is 7. The summed E-state index contributed by atoms with van der Waals surface area (Å²) < 4.78 is 0. The molecule has 1 atom stereocenters. The summed E-state index contributed by atoms with van der Waals surface area (Å²) in [5.41, 5.74) is 8.54. The van der Waals surface area contributed by atoms with Crippen molar-refractivity contribution in [3.05, 3.63) is 71.3 Å². The predicted octanol–water partition coefficient (Wildman–Crippen LogP) is 2.40. The third kappa shape index (κ3) is 5.20. The van der Waals surface area contributed by atoms with Crippen LogP contribution >= 0.6 is 0 Å². The van der Waals surface area contributed by atoms with E-state index in [0.29, 0.717) is 26.2 Å². The normalized spacial score (nSPS) is 16.6. The fourth-order valence-electron chi connectivity index (χ4n) is 3.76. The van der Waals surface area contributed by atoms with Gasteiger partial charge >= 0.3 is 0 Å². The van der Waals surface area contributed by atoms with E-state index in [1.807, 2.05) is 47.4 Å². The van der Waals surface area contributed by atoms with E-state index >= 15 is 0 Å². The van der Waals surface area contributed by atoms with E-state index in [9.17, 15) is 9.59 Å². The molecule has 1 fully saturated rings. The van der Waals surface area contributed by atoms with Crippen molar-refractivity contribution in [2.24, 2.45) is 11.7 Å². The number of amides is 2. The van der Waals surface area contributed by atoms with Gasteiger partial charge in [-0.2, -0.15) is 0 Å². The van der Waals surface area contributed by atoms with Crippen molar-refractivity contribution in [2.75, 3.05) is 26.2 Å². The summed E-state index contributed by atoms with van der Waals surface area (Å²) in [6.45, 7) is 2.08. The Bertz CT molecular complexity index is 791. The van der Waals surface area contributed by atoms with Gasteiger partial charge in [0, 0.05) is 31.7 Å². The average molecular weight is 380 g/mol. The van der Waals surface area contributed by atoms with Crippen LogP contribution in [-0.2, 0) is 17.6 Å². The Morgan fingerprint density at radius 1 is 1.04 bits per heavy atom. The molecule has 2 amide bonds. The predicted molar refractivity (Wildman–Crippen MR) is 111 cm³/mol. The third-order valence-corrected chi connectivity index (χ3v) is 5.30. The minimum absolute atomic E-state index is 0.000290. The monoisotopic (exact) mass is 379 g/mol. The molecule has 148 valence electrons. The number of likely N-dealkylation sites (tertiary alicyclic amines) is 1. The highest BCUT2D eigenvalue weighted by molar-refractivity contribution is 5.96. The molecule has 5 nitrogen and oxygen atoms in total. The Kier molecular flexibility index (Phi) is 7.20. The van der Waals surface area contributed by atoms with Gasteiger partial charge in [0.2, 0.25) is 5.91 Å². The topological polar surface area (TPSA) is 75.4 Å². The van der Waals surface area contributed by atoms with Crippen LogP contribution in [-0.4, -0.2) is 42.9 Å². The smallest absolute Gasteiger partial charge is 0.254 e. The summed E-state index contributed by atoms with van der Waals surface area (Å²) in [5, 5.41) is 2.85. The van der Waals surface area contributed by atoms with Crippen molar-refractivity contribution in [1.29, 1.82) is 0 Å². The van der Waals surface area contributed by atoms with E-state index in [1.165, 1.54) is 5.56 Å². The van der Waals surface area contributed by atoms with Crippen molar-refractivity contribution >= 4 is 11.8 Å². The minimum atomic E-state index is -0.152. The van der Waals surface area contributed by atoms with Gasteiger partial charge in [0.05, 0.1) is 5.92 Å².